The number of unbranched alkanes of at least 4 members (excludes halogenated alkanes) is 2. The first-order chi connectivity index (χ1) is 13.7. The van der Waals surface area contributed by atoms with Gasteiger partial charge in [-0.1, -0.05) is 19.8 Å². The summed E-state index contributed by atoms with van der Waals surface area (Å²) in [6.07, 6.45) is 5.01. The minimum absolute atomic E-state index is 0. The number of rotatable bonds is 10. The molecule has 172 valence electrons. The van der Waals surface area contributed by atoms with Gasteiger partial charge in [0.15, 0.2) is 0 Å². The van der Waals surface area contributed by atoms with Crippen molar-refractivity contribution in [2.45, 2.75) is 58.4 Å². The standard InChI is InChI=1S/C9H9NO2.C6H14N2O2.C5H10O2.H3N/c1-7(12)10-9-4-2-8(6-11)3-5-9;7-4-2-1-3-5(8)6(9)10;1-2-3-4-5(6)7;/h2-6H,1H3,(H,10,12);5H,1-4,7-8H2,(H,9,10);2-4H2,1H3,(H,6,7);1H3/t;5-;;/m.0../s1. The summed E-state index contributed by atoms with van der Waals surface area (Å²) in [6.45, 7) is 4.02. The second kappa shape index (κ2) is 20.9. The molecule has 0 spiro atoms. The van der Waals surface area contributed by atoms with Gasteiger partial charge < -0.3 is 33.1 Å². The Bertz CT molecular complexity index is 608. The maximum absolute atomic E-state index is 10.6. The van der Waals surface area contributed by atoms with Crippen molar-refractivity contribution < 1.29 is 29.4 Å². The molecule has 30 heavy (non-hydrogen) atoms. The van der Waals surface area contributed by atoms with Gasteiger partial charge in [0, 0.05) is 24.6 Å². The van der Waals surface area contributed by atoms with Gasteiger partial charge in [-0.25, -0.2) is 0 Å². The number of carbonyl (C=O) groups is 4. The van der Waals surface area contributed by atoms with Gasteiger partial charge in [0.2, 0.25) is 5.91 Å². The number of aldehydes is 1. The number of amides is 1. The Balaban J connectivity index is -0.000000372. The van der Waals surface area contributed by atoms with Crippen molar-refractivity contribution in [3.63, 3.8) is 0 Å². The van der Waals surface area contributed by atoms with E-state index in [-0.39, 0.29) is 12.1 Å². The van der Waals surface area contributed by atoms with Gasteiger partial charge in [0.1, 0.15) is 12.3 Å². The molecule has 0 aliphatic carbocycles. The van der Waals surface area contributed by atoms with Gasteiger partial charge in [-0.2, -0.15) is 0 Å². The molecule has 0 saturated carbocycles. The van der Waals surface area contributed by atoms with E-state index in [2.05, 4.69) is 5.32 Å². The molecule has 0 bridgehead atoms. The van der Waals surface area contributed by atoms with E-state index in [1.54, 1.807) is 24.3 Å². The number of benzene rings is 1. The molecule has 0 aromatic heterocycles. The van der Waals surface area contributed by atoms with Gasteiger partial charge in [-0.3, -0.25) is 19.2 Å². The topological polar surface area (TPSA) is 208 Å². The molecule has 10 nitrogen and oxygen atoms in total. The highest BCUT2D eigenvalue weighted by Crippen LogP contribution is 2.07. The van der Waals surface area contributed by atoms with E-state index in [0.29, 0.717) is 30.6 Å². The minimum atomic E-state index is -0.933. The molecular formula is C20H36N4O6. The molecule has 0 aliphatic heterocycles. The number of carboxylic acids is 2. The first-order valence-electron chi connectivity index (χ1n) is 9.40. The average Bonchev–Trinajstić information content (AvgIpc) is 2.67. The zero-order chi connectivity index (χ0) is 22.7. The van der Waals surface area contributed by atoms with Crippen molar-refractivity contribution in [1.29, 1.82) is 0 Å². The molecule has 1 aromatic rings. The number of carboxylic acid groups (broad SMARTS) is 2. The van der Waals surface area contributed by atoms with Crippen LogP contribution in [-0.4, -0.2) is 46.9 Å². The number of aliphatic carboxylic acids is 2. The lowest BCUT2D eigenvalue weighted by molar-refractivity contribution is -0.139. The number of carbonyl (C=O) groups excluding carboxylic acids is 2. The number of nitrogens with one attached hydrogen (secondary N) is 1. The van der Waals surface area contributed by atoms with Crippen LogP contribution in [0.4, 0.5) is 5.69 Å². The number of hydrogen-bond acceptors (Lipinski definition) is 7. The second-order valence-electron chi connectivity index (χ2n) is 6.15. The molecular weight excluding hydrogens is 392 g/mol. The third-order valence-corrected chi connectivity index (χ3v) is 3.40. The Labute approximate surface area is 177 Å². The Hall–Kier alpha value is -2.82. The van der Waals surface area contributed by atoms with Gasteiger partial charge in [0.25, 0.3) is 0 Å². The highest BCUT2D eigenvalue weighted by Gasteiger charge is 2.09. The lowest BCUT2D eigenvalue weighted by Gasteiger charge is -2.03. The molecule has 10 heteroatoms. The van der Waals surface area contributed by atoms with Crippen LogP contribution < -0.4 is 22.9 Å². The normalized spacial score (nSPS) is 10.0. The molecule has 1 atom stereocenters. The van der Waals surface area contributed by atoms with Crippen LogP contribution in [-0.2, 0) is 14.4 Å². The number of hydrogen-bond donors (Lipinski definition) is 6. The highest BCUT2D eigenvalue weighted by atomic mass is 16.4. The highest BCUT2D eigenvalue weighted by molar-refractivity contribution is 5.89. The molecule has 0 radical (unpaired) electrons. The molecule has 0 saturated heterocycles. The number of anilines is 1. The minimum Gasteiger partial charge on any atom is -0.481 e. The van der Waals surface area contributed by atoms with Gasteiger partial charge in [0.05, 0.1) is 0 Å². The molecule has 0 aliphatic rings. The lowest BCUT2D eigenvalue weighted by atomic mass is 10.1. The van der Waals surface area contributed by atoms with Crippen LogP contribution in [0.2, 0.25) is 0 Å². The fourth-order valence-electron chi connectivity index (χ4n) is 1.81. The van der Waals surface area contributed by atoms with Crippen LogP contribution in [0.5, 0.6) is 0 Å². The van der Waals surface area contributed by atoms with Crippen LogP contribution in [0, 0.1) is 0 Å². The lowest BCUT2D eigenvalue weighted by Crippen LogP contribution is -2.29. The quantitative estimate of drug-likeness (QED) is 0.238. The largest absolute Gasteiger partial charge is 0.481 e. The van der Waals surface area contributed by atoms with E-state index < -0.39 is 18.0 Å². The first kappa shape index (κ1) is 31.9. The fraction of sp³-hybridized carbons (Fsp3) is 0.500. The fourth-order valence-corrected chi connectivity index (χ4v) is 1.81. The SMILES string of the molecule is CC(=O)Nc1ccc(C=O)cc1.CCCCC(=O)O.N.NCCCC[C@H](N)C(=O)O. The van der Waals surface area contributed by atoms with E-state index in [0.717, 1.165) is 32.0 Å². The summed E-state index contributed by atoms with van der Waals surface area (Å²) < 4.78 is 0. The summed E-state index contributed by atoms with van der Waals surface area (Å²) in [5, 5.41) is 19.0. The Morgan fingerprint density at radius 2 is 1.67 bits per heavy atom. The predicted octanol–water partition coefficient (Wildman–Crippen LogP) is 2.41. The summed E-state index contributed by atoms with van der Waals surface area (Å²) in [7, 11) is 0. The first-order valence-corrected chi connectivity index (χ1v) is 9.40. The van der Waals surface area contributed by atoms with Crippen molar-refractivity contribution >= 4 is 29.8 Å². The zero-order valence-electron chi connectivity index (χ0n) is 17.8. The van der Waals surface area contributed by atoms with Crippen LogP contribution in [0.15, 0.2) is 24.3 Å². The maximum atomic E-state index is 10.6. The maximum Gasteiger partial charge on any atom is 0.320 e. The smallest absolute Gasteiger partial charge is 0.320 e. The third-order valence-electron chi connectivity index (χ3n) is 3.40. The van der Waals surface area contributed by atoms with Crippen LogP contribution in [0.3, 0.4) is 0 Å². The van der Waals surface area contributed by atoms with Gasteiger partial charge in [-0.05, 0) is 50.1 Å². The number of nitrogens with two attached hydrogens (primary N) is 2. The Morgan fingerprint density at radius 1 is 1.10 bits per heavy atom. The molecule has 1 aromatic carbocycles. The summed E-state index contributed by atoms with van der Waals surface area (Å²) in [5.41, 5.74) is 11.7. The third kappa shape index (κ3) is 21.5. The summed E-state index contributed by atoms with van der Waals surface area (Å²) >= 11 is 0. The van der Waals surface area contributed by atoms with E-state index in [1.165, 1.54) is 6.92 Å². The van der Waals surface area contributed by atoms with E-state index in [1.807, 2.05) is 6.92 Å². The van der Waals surface area contributed by atoms with Crippen molar-refractivity contribution in [3.05, 3.63) is 29.8 Å². The van der Waals surface area contributed by atoms with Crippen molar-refractivity contribution in [2.75, 3.05) is 11.9 Å². The molecule has 1 rings (SSSR count). The Kier molecular flexibility index (Phi) is 22.2. The summed E-state index contributed by atoms with van der Waals surface area (Å²) in [5.74, 6) is -1.74. The average molecular weight is 429 g/mol. The summed E-state index contributed by atoms with van der Waals surface area (Å²) in [4.78, 5) is 40.7. The second-order valence-corrected chi connectivity index (χ2v) is 6.15. The molecule has 0 unspecified atom stereocenters. The zero-order valence-corrected chi connectivity index (χ0v) is 17.8. The van der Waals surface area contributed by atoms with E-state index in [4.69, 9.17) is 21.7 Å². The van der Waals surface area contributed by atoms with E-state index >= 15 is 0 Å². The van der Waals surface area contributed by atoms with Gasteiger partial charge in [-0.15, -0.1) is 0 Å². The van der Waals surface area contributed by atoms with Crippen molar-refractivity contribution in [3.8, 4) is 0 Å². The predicted molar refractivity (Wildman–Crippen MR) is 117 cm³/mol. The van der Waals surface area contributed by atoms with E-state index in [9.17, 15) is 19.2 Å². The molecule has 0 fully saturated rings. The van der Waals surface area contributed by atoms with Crippen LogP contribution in [0.25, 0.3) is 0 Å². The van der Waals surface area contributed by atoms with Crippen molar-refractivity contribution in [2.24, 2.45) is 11.5 Å². The Morgan fingerprint density at radius 3 is 2.00 bits per heavy atom. The molecule has 0 heterocycles. The molecule has 10 N–H and O–H groups in total. The van der Waals surface area contributed by atoms with Gasteiger partial charge >= 0.3 is 11.9 Å². The monoisotopic (exact) mass is 428 g/mol. The summed E-state index contributed by atoms with van der Waals surface area (Å²) in [6, 6.07) is 5.96. The molecule has 1 amide bonds. The van der Waals surface area contributed by atoms with Crippen LogP contribution >= 0.6 is 0 Å². The van der Waals surface area contributed by atoms with Crippen molar-refractivity contribution in [1.82, 2.24) is 6.15 Å². The van der Waals surface area contributed by atoms with Crippen LogP contribution in [0.1, 0.15) is 62.7 Å².